The molecule has 0 aliphatic carbocycles. The normalized spacial score (nSPS) is 25.2. The summed E-state index contributed by atoms with van der Waals surface area (Å²) in [6.07, 6.45) is 0. The van der Waals surface area contributed by atoms with Crippen LogP contribution in [0.3, 0.4) is 0 Å². The van der Waals surface area contributed by atoms with E-state index in [0.717, 1.165) is 24.4 Å². The van der Waals surface area contributed by atoms with E-state index in [0.29, 0.717) is 10.5 Å². The van der Waals surface area contributed by atoms with Crippen LogP contribution in [0.25, 0.3) is 0 Å². The maximum Gasteiger partial charge on any atom is 0.125 e. The SMILES string of the molecule is COc1cccc(N2CC(C)SC(C)C2)c1[C@@H](C)N. The van der Waals surface area contributed by atoms with Gasteiger partial charge in [0.2, 0.25) is 0 Å². The summed E-state index contributed by atoms with van der Waals surface area (Å²) in [7, 11) is 1.71. The van der Waals surface area contributed by atoms with Crippen molar-refractivity contribution in [3.8, 4) is 5.75 Å². The fraction of sp³-hybridized carbons (Fsp3) is 0.600. The van der Waals surface area contributed by atoms with Crippen molar-refractivity contribution in [3.63, 3.8) is 0 Å². The van der Waals surface area contributed by atoms with Gasteiger partial charge in [-0.05, 0) is 19.1 Å². The zero-order chi connectivity index (χ0) is 14.0. The van der Waals surface area contributed by atoms with Crippen molar-refractivity contribution in [2.75, 3.05) is 25.1 Å². The van der Waals surface area contributed by atoms with Crippen LogP contribution in [0, 0.1) is 0 Å². The molecule has 3 nitrogen and oxygen atoms in total. The number of methoxy groups -OCH3 is 1. The second-order valence-electron chi connectivity index (χ2n) is 5.34. The smallest absolute Gasteiger partial charge is 0.125 e. The number of benzene rings is 1. The summed E-state index contributed by atoms with van der Waals surface area (Å²) in [5, 5.41) is 1.30. The highest BCUT2D eigenvalue weighted by Crippen LogP contribution is 2.36. The molecule has 0 bridgehead atoms. The molecule has 1 aliphatic heterocycles. The summed E-state index contributed by atoms with van der Waals surface area (Å²) in [6, 6.07) is 6.19. The molecule has 2 N–H and O–H groups in total. The summed E-state index contributed by atoms with van der Waals surface area (Å²) in [4.78, 5) is 2.45. The van der Waals surface area contributed by atoms with Crippen molar-refractivity contribution >= 4 is 17.4 Å². The first-order chi connectivity index (χ1) is 9.02. The average Bonchev–Trinajstić information content (AvgIpc) is 2.36. The second-order valence-corrected chi connectivity index (χ2v) is 7.23. The van der Waals surface area contributed by atoms with Crippen molar-refractivity contribution in [3.05, 3.63) is 23.8 Å². The van der Waals surface area contributed by atoms with Crippen molar-refractivity contribution in [1.29, 1.82) is 0 Å². The van der Waals surface area contributed by atoms with Gasteiger partial charge >= 0.3 is 0 Å². The summed E-state index contributed by atoms with van der Waals surface area (Å²) < 4.78 is 5.48. The van der Waals surface area contributed by atoms with Crippen molar-refractivity contribution in [1.82, 2.24) is 0 Å². The number of anilines is 1. The quantitative estimate of drug-likeness (QED) is 0.923. The van der Waals surface area contributed by atoms with Gasteiger partial charge < -0.3 is 15.4 Å². The molecule has 1 heterocycles. The Balaban J connectivity index is 2.38. The Morgan fingerprint density at radius 1 is 1.32 bits per heavy atom. The highest BCUT2D eigenvalue weighted by atomic mass is 32.2. The number of rotatable bonds is 3. The molecule has 1 aromatic carbocycles. The van der Waals surface area contributed by atoms with Gasteiger partial charge in [-0.15, -0.1) is 0 Å². The first-order valence-corrected chi connectivity index (χ1v) is 7.80. The van der Waals surface area contributed by atoms with Crippen molar-refractivity contribution in [2.45, 2.75) is 37.3 Å². The first kappa shape index (κ1) is 14.5. The van der Waals surface area contributed by atoms with Crippen molar-refractivity contribution in [2.24, 2.45) is 5.73 Å². The molecule has 1 saturated heterocycles. The van der Waals surface area contributed by atoms with E-state index in [1.165, 1.54) is 5.69 Å². The minimum Gasteiger partial charge on any atom is -0.496 e. The number of hydrogen-bond acceptors (Lipinski definition) is 4. The minimum absolute atomic E-state index is 0.0219. The van der Waals surface area contributed by atoms with Crippen LogP contribution in [0.1, 0.15) is 32.4 Å². The molecule has 2 unspecified atom stereocenters. The molecule has 2 rings (SSSR count). The Morgan fingerprint density at radius 3 is 2.47 bits per heavy atom. The van der Waals surface area contributed by atoms with Crippen LogP contribution >= 0.6 is 11.8 Å². The van der Waals surface area contributed by atoms with Crippen LogP contribution in [0.2, 0.25) is 0 Å². The Hall–Kier alpha value is -0.870. The van der Waals surface area contributed by atoms with E-state index in [2.05, 4.69) is 42.6 Å². The van der Waals surface area contributed by atoms with Crippen LogP contribution in [-0.4, -0.2) is 30.7 Å². The molecule has 0 spiro atoms. The molecular formula is C15H24N2OS. The molecule has 4 heteroatoms. The predicted octanol–water partition coefficient (Wildman–Crippen LogP) is 3.05. The predicted molar refractivity (Wildman–Crippen MR) is 84.3 cm³/mol. The fourth-order valence-corrected chi connectivity index (χ4v) is 4.14. The van der Waals surface area contributed by atoms with Crippen LogP contribution in [0.4, 0.5) is 5.69 Å². The van der Waals surface area contributed by atoms with E-state index in [-0.39, 0.29) is 6.04 Å². The fourth-order valence-electron chi connectivity index (χ4n) is 2.82. The molecule has 0 saturated carbocycles. The summed E-state index contributed by atoms with van der Waals surface area (Å²) in [6.45, 7) is 8.74. The largest absolute Gasteiger partial charge is 0.496 e. The Bertz CT molecular complexity index is 426. The highest BCUT2D eigenvalue weighted by Gasteiger charge is 2.25. The number of ether oxygens (including phenoxy) is 1. The zero-order valence-electron chi connectivity index (χ0n) is 12.2. The van der Waals surface area contributed by atoms with Gasteiger partial charge in [0, 0.05) is 40.9 Å². The topological polar surface area (TPSA) is 38.5 Å². The van der Waals surface area contributed by atoms with Gasteiger partial charge in [0.05, 0.1) is 7.11 Å². The average molecular weight is 280 g/mol. The van der Waals surface area contributed by atoms with E-state index in [1.54, 1.807) is 7.11 Å². The molecule has 1 fully saturated rings. The Labute approximate surface area is 120 Å². The maximum absolute atomic E-state index is 6.16. The van der Waals surface area contributed by atoms with Gasteiger partial charge in [-0.2, -0.15) is 11.8 Å². The van der Waals surface area contributed by atoms with Crippen LogP contribution in [0.5, 0.6) is 5.75 Å². The van der Waals surface area contributed by atoms with E-state index in [9.17, 15) is 0 Å². The monoisotopic (exact) mass is 280 g/mol. The van der Waals surface area contributed by atoms with E-state index in [1.807, 2.05) is 13.0 Å². The molecule has 106 valence electrons. The highest BCUT2D eigenvalue weighted by molar-refractivity contribution is 8.00. The minimum atomic E-state index is -0.0219. The lowest BCUT2D eigenvalue weighted by molar-refractivity contribution is 0.407. The van der Waals surface area contributed by atoms with E-state index in [4.69, 9.17) is 10.5 Å². The van der Waals surface area contributed by atoms with Crippen LogP contribution in [-0.2, 0) is 0 Å². The molecule has 19 heavy (non-hydrogen) atoms. The van der Waals surface area contributed by atoms with Gasteiger partial charge in [-0.25, -0.2) is 0 Å². The number of thioether (sulfide) groups is 1. The Kier molecular flexibility index (Phi) is 4.63. The molecule has 1 aliphatic rings. The zero-order valence-corrected chi connectivity index (χ0v) is 13.0. The third-order valence-electron chi connectivity index (χ3n) is 3.48. The van der Waals surface area contributed by atoms with Gasteiger partial charge in [0.25, 0.3) is 0 Å². The number of nitrogens with zero attached hydrogens (tertiary/aromatic N) is 1. The van der Waals surface area contributed by atoms with Crippen LogP contribution in [0.15, 0.2) is 18.2 Å². The first-order valence-electron chi connectivity index (χ1n) is 6.85. The molecule has 0 aromatic heterocycles. The third kappa shape index (κ3) is 3.18. The van der Waals surface area contributed by atoms with Crippen molar-refractivity contribution < 1.29 is 4.74 Å². The second kappa shape index (κ2) is 6.06. The summed E-state index contributed by atoms with van der Waals surface area (Å²) in [5.74, 6) is 0.894. The maximum atomic E-state index is 6.16. The molecule has 0 radical (unpaired) electrons. The Morgan fingerprint density at radius 2 is 1.95 bits per heavy atom. The lowest BCUT2D eigenvalue weighted by Gasteiger charge is -2.38. The molecule has 0 amide bonds. The van der Waals surface area contributed by atoms with Gasteiger partial charge in [0.15, 0.2) is 0 Å². The standard InChI is InChI=1S/C15H24N2OS/c1-10-8-17(9-11(2)19-10)13-6-5-7-14(18-4)15(13)12(3)16/h5-7,10-12H,8-9,16H2,1-4H3/t10?,11?,12-/m1/s1. The van der Waals surface area contributed by atoms with Gasteiger partial charge in [-0.3, -0.25) is 0 Å². The van der Waals surface area contributed by atoms with Crippen LogP contribution < -0.4 is 15.4 Å². The third-order valence-corrected chi connectivity index (χ3v) is 4.71. The summed E-state index contributed by atoms with van der Waals surface area (Å²) >= 11 is 2.06. The van der Waals surface area contributed by atoms with Gasteiger partial charge in [0.1, 0.15) is 5.75 Å². The summed E-state index contributed by atoms with van der Waals surface area (Å²) in [5.41, 5.74) is 8.51. The molecular weight excluding hydrogens is 256 g/mol. The van der Waals surface area contributed by atoms with E-state index < -0.39 is 0 Å². The van der Waals surface area contributed by atoms with Gasteiger partial charge in [-0.1, -0.05) is 19.9 Å². The number of hydrogen-bond donors (Lipinski definition) is 1. The number of nitrogens with two attached hydrogens (primary N) is 1. The lowest BCUT2D eigenvalue weighted by Crippen LogP contribution is -2.41. The molecule has 1 aromatic rings. The lowest BCUT2D eigenvalue weighted by atomic mass is 10.0. The molecule has 3 atom stereocenters. The van der Waals surface area contributed by atoms with E-state index >= 15 is 0 Å².